The molecular weight excluding hydrogens is 602 g/mol. The van der Waals surface area contributed by atoms with Gasteiger partial charge in [0.2, 0.25) is 17.6 Å². The second-order valence-electron chi connectivity index (χ2n) is 15.5. The normalized spacial score (nSPS) is 20.2. The van der Waals surface area contributed by atoms with E-state index >= 15 is 0 Å². The Kier molecular flexibility index (Phi) is 15.6. The highest BCUT2D eigenvalue weighted by Gasteiger charge is 2.50. The Morgan fingerprint density at radius 2 is 1.55 bits per heavy atom. The minimum absolute atomic E-state index is 0.00390. The first kappa shape index (κ1) is 41.6. The van der Waals surface area contributed by atoms with E-state index in [0.29, 0.717) is 6.42 Å². The molecule has 1 unspecified atom stereocenters. The molecule has 4 N–H and O–H groups in total. The molecule has 0 aromatic heterocycles. The fourth-order valence-corrected chi connectivity index (χ4v) is 5.97. The summed E-state index contributed by atoms with van der Waals surface area (Å²) in [6.07, 6.45) is 3.09. The summed E-state index contributed by atoms with van der Waals surface area (Å²) >= 11 is 0. The third-order valence-corrected chi connectivity index (χ3v) is 8.28. The maximum atomic E-state index is 14.4. The van der Waals surface area contributed by atoms with E-state index in [1.54, 1.807) is 55.4 Å². The smallest absolute Gasteiger partial charge is 0.329 e. The zero-order valence-electron chi connectivity index (χ0n) is 30.7. The van der Waals surface area contributed by atoms with Gasteiger partial charge in [0.05, 0.1) is 6.04 Å². The number of amides is 5. The van der Waals surface area contributed by atoms with Gasteiger partial charge in [-0.25, -0.2) is 9.59 Å². The predicted molar refractivity (Wildman–Crippen MR) is 182 cm³/mol. The van der Waals surface area contributed by atoms with Crippen LogP contribution >= 0.6 is 0 Å². The van der Waals surface area contributed by atoms with Crippen molar-refractivity contribution in [3.05, 3.63) is 12.7 Å². The summed E-state index contributed by atoms with van der Waals surface area (Å²) in [5.41, 5.74) is -1.53. The van der Waals surface area contributed by atoms with E-state index in [1.165, 1.54) is 11.0 Å². The molecule has 0 saturated carbocycles. The standard InChI is InChI=1S/C35H61N5O7/c1-14-16-17-23(27(41)30(43)36-18-15-2)37-29(42)26-24(20(3)4)22(7)19-40(26)31(44)28(34(8,9)10)39-33(46)38-25(21(5)6)32(45)47-35(11,12)13/h15,20-26,28H,2,14,16-19H2,1,3-13H3,(H,36,43)(H,37,42)(H2,38,39,46)/t22-,23?,24-,25-,26-,28+/m0/s1. The van der Waals surface area contributed by atoms with Crippen LogP contribution in [0.15, 0.2) is 12.7 Å². The van der Waals surface area contributed by atoms with E-state index in [1.807, 2.05) is 27.7 Å². The lowest BCUT2D eigenvalue weighted by Crippen LogP contribution is -2.62. The number of hydrogen-bond acceptors (Lipinski definition) is 7. The molecule has 47 heavy (non-hydrogen) atoms. The molecule has 12 heteroatoms. The van der Waals surface area contributed by atoms with Crippen LogP contribution in [-0.2, 0) is 28.7 Å². The Bertz CT molecular complexity index is 1140. The highest BCUT2D eigenvalue weighted by Crippen LogP contribution is 2.37. The minimum Gasteiger partial charge on any atom is -0.458 e. The van der Waals surface area contributed by atoms with Gasteiger partial charge in [0.25, 0.3) is 5.91 Å². The second-order valence-corrected chi connectivity index (χ2v) is 15.5. The molecule has 1 heterocycles. The number of esters is 1. The molecule has 0 aromatic carbocycles. The van der Waals surface area contributed by atoms with Crippen LogP contribution < -0.4 is 21.3 Å². The van der Waals surface area contributed by atoms with Gasteiger partial charge in [-0.15, -0.1) is 6.58 Å². The van der Waals surface area contributed by atoms with E-state index < -0.39 is 70.7 Å². The summed E-state index contributed by atoms with van der Waals surface area (Å²) in [6.45, 7) is 26.0. The van der Waals surface area contributed by atoms with Crippen molar-refractivity contribution in [2.45, 2.75) is 132 Å². The molecule has 268 valence electrons. The molecule has 5 amide bonds. The zero-order chi connectivity index (χ0) is 36.4. The van der Waals surface area contributed by atoms with E-state index in [2.05, 4.69) is 27.8 Å². The topological polar surface area (TPSA) is 163 Å². The monoisotopic (exact) mass is 663 g/mol. The van der Waals surface area contributed by atoms with E-state index in [-0.39, 0.29) is 43.2 Å². The number of urea groups is 1. The van der Waals surface area contributed by atoms with Crippen molar-refractivity contribution in [1.82, 2.24) is 26.2 Å². The molecule has 1 saturated heterocycles. The first-order chi connectivity index (χ1) is 21.6. The van der Waals surface area contributed by atoms with Gasteiger partial charge in [0, 0.05) is 13.1 Å². The molecule has 0 aromatic rings. The number of likely N-dealkylation sites (tertiary alicyclic amines) is 1. The lowest BCUT2D eigenvalue weighted by Gasteiger charge is -2.37. The quantitative estimate of drug-likeness (QED) is 0.118. The van der Waals surface area contributed by atoms with Gasteiger partial charge < -0.3 is 30.9 Å². The Hall–Kier alpha value is -3.44. The van der Waals surface area contributed by atoms with Crippen molar-refractivity contribution in [3.63, 3.8) is 0 Å². The van der Waals surface area contributed by atoms with Crippen LogP contribution in [0.3, 0.4) is 0 Å². The van der Waals surface area contributed by atoms with Crippen molar-refractivity contribution in [2.75, 3.05) is 13.1 Å². The number of unbranched alkanes of at least 4 members (excludes halogenated alkanes) is 1. The first-order valence-corrected chi connectivity index (χ1v) is 16.9. The van der Waals surface area contributed by atoms with Crippen LogP contribution in [0.4, 0.5) is 4.79 Å². The van der Waals surface area contributed by atoms with E-state index in [0.717, 1.165) is 6.42 Å². The maximum Gasteiger partial charge on any atom is 0.329 e. The number of carbonyl (C=O) groups excluding carboxylic acids is 6. The number of nitrogens with one attached hydrogen (secondary N) is 4. The van der Waals surface area contributed by atoms with Gasteiger partial charge >= 0.3 is 12.0 Å². The summed E-state index contributed by atoms with van der Waals surface area (Å²) in [5.74, 6) is -3.73. The summed E-state index contributed by atoms with van der Waals surface area (Å²) < 4.78 is 5.50. The van der Waals surface area contributed by atoms with Gasteiger partial charge in [0.15, 0.2) is 0 Å². The first-order valence-electron chi connectivity index (χ1n) is 16.9. The van der Waals surface area contributed by atoms with Crippen molar-refractivity contribution < 1.29 is 33.5 Å². The molecule has 0 radical (unpaired) electrons. The predicted octanol–water partition coefficient (Wildman–Crippen LogP) is 3.73. The fraction of sp³-hybridized carbons (Fsp3) is 0.771. The van der Waals surface area contributed by atoms with Crippen LogP contribution in [0.1, 0.15) is 102 Å². The van der Waals surface area contributed by atoms with Gasteiger partial charge in [-0.2, -0.15) is 0 Å². The second kappa shape index (κ2) is 17.6. The Balaban J connectivity index is 3.41. The van der Waals surface area contributed by atoms with Crippen LogP contribution in [0, 0.1) is 29.1 Å². The lowest BCUT2D eigenvalue weighted by atomic mass is 9.81. The maximum absolute atomic E-state index is 14.4. The summed E-state index contributed by atoms with van der Waals surface area (Å²) in [6, 6.07) is -4.74. The van der Waals surface area contributed by atoms with E-state index in [9.17, 15) is 28.8 Å². The average molecular weight is 664 g/mol. The summed E-state index contributed by atoms with van der Waals surface area (Å²) in [7, 11) is 0. The number of Topliss-reactive ketones (excluding diaryl/α,β-unsaturated/α-hetero) is 1. The zero-order valence-corrected chi connectivity index (χ0v) is 30.7. The average Bonchev–Trinajstić information content (AvgIpc) is 3.30. The van der Waals surface area contributed by atoms with Crippen molar-refractivity contribution in [1.29, 1.82) is 0 Å². The van der Waals surface area contributed by atoms with Crippen molar-refractivity contribution >= 4 is 35.5 Å². The van der Waals surface area contributed by atoms with Crippen molar-refractivity contribution in [3.8, 4) is 0 Å². The van der Waals surface area contributed by atoms with Gasteiger partial charge in [0.1, 0.15) is 23.7 Å². The number of carbonyl (C=O) groups is 6. The molecule has 1 fully saturated rings. The molecular formula is C35H61N5O7. The van der Waals surface area contributed by atoms with Crippen LogP contribution in [0.5, 0.6) is 0 Å². The fourth-order valence-electron chi connectivity index (χ4n) is 5.97. The molecule has 1 aliphatic heterocycles. The molecule has 1 aliphatic rings. The minimum atomic E-state index is -1.07. The van der Waals surface area contributed by atoms with Gasteiger partial charge in [-0.05, 0) is 56.3 Å². The van der Waals surface area contributed by atoms with Crippen LogP contribution in [0.2, 0.25) is 0 Å². The van der Waals surface area contributed by atoms with Crippen LogP contribution in [-0.4, -0.2) is 83.3 Å². The van der Waals surface area contributed by atoms with Crippen molar-refractivity contribution in [2.24, 2.45) is 29.1 Å². The highest BCUT2D eigenvalue weighted by molar-refractivity contribution is 6.38. The summed E-state index contributed by atoms with van der Waals surface area (Å²) in [5, 5.41) is 10.8. The van der Waals surface area contributed by atoms with E-state index in [4.69, 9.17) is 4.74 Å². The Morgan fingerprint density at radius 3 is 2.02 bits per heavy atom. The third-order valence-electron chi connectivity index (χ3n) is 8.28. The number of ketones is 1. The third kappa shape index (κ3) is 12.3. The molecule has 0 bridgehead atoms. The number of hydrogen-bond donors (Lipinski definition) is 4. The number of ether oxygens (including phenoxy) is 1. The lowest BCUT2D eigenvalue weighted by molar-refractivity contribution is -0.158. The number of rotatable bonds is 15. The SMILES string of the molecule is C=CCNC(=O)C(=O)C(CCCC)NC(=O)[C@@H]1[C@@H](C(C)C)[C@@H](C)CN1C(=O)[C@@H](NC(=O)N[C@H](C(=O)OC(C)(C)C)C(C)C)C(C)(C)C. The molecule has 1 rings (SSSR count). The van der Waals surface area contributed by atoms with Gasteiger partial charge in [-0.1, -0.05) is 81.2 Å². The Labute approximate surface area is 281 Å². The molecule has 0 aliphatic carbocycles. The Morgan fingerprint density at radius 1 is 0.957 bits per heavy atom. The van der Waals surface area contributed by atoms with Gasteiger partial charge in [-0.3, -0.25) is 19.2 Å². The molecule has 6 atom stereocenters. The van der Waals surface area contributed by atoms with Crippen LogP contribution in [0.25, 0.3) is 0 Å². The highest BCUT2D eigenvalue weighted by atomic mass is 16.6. The molecule has 0 spiro atoms. The molecule has 12 nitrogen and oxygen atoms in total. The summed E-state index contributed by atoms with van der Waals surface area (Å²) in [4.78, 5) is 81.8. The largest absolute Gasteiger partial charge is 0.458 e. The number of nitrogens with zero attached hydrogens (tertiary/aromatic N) is 1.